The predicted octanol–water partition coefficient (Wildman–Crippen LogP) is 11.8. The molecule has 7 aromatic rings. The molecule has 49 heavy (non-hydrogen) atoms. The van der Waals surface area contributed by atoms with Crippen LogP contribution in [0, 0.1) is 19.1 Å². The summed E-state index contributed by atoms with van der Waals surface area (Å²) in [5, 5.41) is 0. The van der Waals surface area contributed by atoms with E-state index in [1.54, 1.807) is 0 Å². The summed E-state index contributed by atoms with van der Waals surface area (Å²) in [4.78, 5) is 11.0. The van der Waals surface area contributed by atoms with Crippen LogP contribution in [0.4, 0.5) is 17.1 Å². The van der Waals surface area contributed by atoms with E-state index in [0.29, 0.717) is 0 Å². The summed E-state index contributed by atoms with van der Waals surface area (Å²) in [5.74, 6) is 0. The average molecular weight is 810 g/mol. The minimum atomic E-state index is 0. The standard InChI is InChI=1S/C33H25N2.C12H10N.Ir/c1-3-25-11-17-30(18-12-25)35(31-19-13-26(4-2)14-20-31)32-21-15-27(16-22-32)28-8-7-9-29(24-28)33-10-5-6-23-34-33;1-10-6-5-9-13-12(10)11-7-3-2-4-8-11;/h3-8,10-24H,1-2H2;2-7,9H,1H3;/q2*-1;. The third kappa shape index (κ3) is 8.63. The largest absolute Gasteiger partial charge is 0.311 e. The number of benzene rings is 5. The summed E-state index contributed by atoms with van der Waals surface area (Å²) < 4.78 is 0. The van der Waals surface area contributed by atoms with Crippen molar-refractivity contribution in [2.75, 3.05) is 4.90 Å². The van der Waals surface area contributed by atoms with Crippen LogP contribution in [0.3, 0.4) is 0 Å². The molecule has 0 atom stereocenters. The molecule has 0 aliphatic heterocycles. The monoisotopic (exact) mass is 810 g/mol. The maximum atomic E-state index is 4.46. The van der Waals surface area contributed by atoms with Crippen LogP contribution >= 0.6 is 0 Å². The summed E-state index contributed by atoms with van der Waals surface area (Å²) in [7, 11) is 0. The molecule has 0 saturated heterocycles. The fraction of sp³-hybridized carbons (Fsp3) is 0.0222. The first-order valence-electron chi connectivity index (χ1n) is 15.8. The first kappa shape index (κ1) is 34.7. The van der Waals surface area contributed by atoms with Gasteiger partial charge in [0.2, 0.25) is 0 Å². The quantitative estimate of drug-likeness (QED) is 0.143. The van der Waals surface area contributed by atoms with Gasteiger partial charge in [0.05, 0.1) is 0 Å². The molecular weight excluding hydrogens is 775 g/mol. The first-order valence-corrected chi connectivity index (χ1v) is 15.8. The molecule has 4 heteroatoms. The number of hydrogen-bond donors (Lipinski definition) is 0. The maximum absolute atomic E-state index is 4.46. The van der Waals surface area contributed by atoms with Crippen molar-refractivity contribution in [2.45, 2.75) is 6.92 Å². The van der Waals surface area contributed by atoms with Gasteiger partial charge >= 0.3 is 0 Å². The van der Waals surface area contributed by atoms with Crippen LogP contribution in [0.1, 0.15) is 16.7 Å². The maximum Gasteiger partial charge on any atom is 0.0462 e. The fourth-order valence-corrected chi connectivity index (χ4v) is 5.39. The molecule has 241 valence electrons. The Morgan fingerprint density at radius 2 is 1.14 bits per heavy atom. The third-order valence-corrected chi connectivity index (χ3v) is 7.95. The minimum Gasteiger partial charge on any atom is -0.311 e. The molecule has 0 aliphatic carbocycles. The molecule has 3 nitrogen and oxygen atoms in total. The molecular formula is C45H35IrN3-2. The SMILES string of the molecule is C=Cc1ccc(N(c2ccc(C=C)cc2)c2ccc(-c3cc[c-]c(-c4ccccn4)c3)cc2)cc1.Cc1cccnc1-c1[c-]cccc1.[Ir]. The van der Waals surface area contributed by atoms with Gasteiger partial charge in [-0.2, -0.15) is 0 Å². The summed E-state index contributed by atoms with van der Waals surface area (Å²) in [5.41, 5.74) is 12.9. The molecule has 2 heterocycles. The molecule has 0 spiro atoms. The molecule has 0 aliphatic rings. The van der Waals surface area contributed by atoms with Gasteiger partial charge in [-0.3, -0.25) is 0 Å². The molecule has 0 bridgehead atoms. The molecule has 2 aromatic heterocycles. The van der Waals surface area contributed by atoms with Gasteiger partial charge in [-0.25, -0.2) is 0 Å². The second-order valence-corrected chi connectivity index (χ2v) is 11.1. The Balaban J connectivity index is 0.000000280. The Morgan fingerprint density at radius 3 is 1.69 bits per heavy atom. The Bertz CT molecular complexity index is 2040. The number of pyridine rings is 2. The summed E-state index contributed by atoms with van der Waals surface area (Å²) >= 11 is 0. The van der Waals surface area contributed by atoms with Crippen molar-refractivity contribution >= 4 is 29.2 Å². The first-order chi connectivity index (χ1) is 23.6. The number of anilines is 3. The van der Waals surface area contributed by atoms with E-state index >= 15 is 0 Å². The Labute approximate surface area is 303 Å². The van der Waals surface area contributed by atoms with E-state index in [0.717, 1.165) is 61.8 Å². The van der Waals surface area contributed by atoms with Crippen LogP contribution in [0.25, 0.3) is 45.8 Å². The molecule has 0 saturated carbocycles. The van der Waals surface area contributed by atoms with Gasteiger partial charge in [0.25, 0.3) is 0 Å². The number of aromatic nitrogens is 2. The third-order valence-electron chi connectivity index (χ3n) is 7.95. The zero-order valence-corrected chi connectivity index (χ0v) is 29.7. The molecule has 0 unspecified atom stereocenters. The van der Waals surface area contributed by atoms with E-state index in [9.17, 15) is 0 Å². The van der Waals surface area contributed by atoms with Crippen molar-refractivity contribution in [1.29, 1.82) is 0 Å². The number of hydrogen-bond acceptors (Lipinski definition) is 3. The van der Waals surface area contributed by atoms with E-state index in [4.69, 9.17) is 0 Å². The van der Waals surface area contributed by atoms with Crippen LogP contribution in [0.2, 0.25) is 0 Å². The minimum absolute atomic E-state index is 0. The Morgan fingerprint density at radius 1 is 0.551 bits per heavy atom. The normalized spacial score (nSPS) is 10.1. The fourth-order valence-electron chi connectivity index (χ4n) is 5.39. The van der Waals surface area contributed by atoms with Gasteiger partial charge in [0.1, 0.15) is 0 Å². The van der Waals surface area contributed by atoms with Gasteiger partial charge in [-0.05, 0) is 83.5 Å². The molecule has 0 fully saturated rings. The van der Waals surface area contributed by atoms with Crippen LogP contribution in [0.15, 0.2) is 171 Å². The van der Waals surface area contributed by atoms with E-state index in [-0.39, 0.29) is 20.1 Å². The van der Waals surface area contributed by atoms with Crippen molar-refractivity contribution in [2.24, 2.45) is 0 Å². The zero-order valence-electron chi connectivity index (χ0n) is 27.3. The van der Waals surface area contributed by atoms with Gasteiger partial charge in [0, 0.05) is 49.6 Å². The van der Waals surface area contributed by atoms with E-state index in [2.05, 4.69) is 138 Å². The number of aryl methyl sites for hydroxylation is 1. The van der Waals surface area contributed by atoms with Crippen molar-refractivity contribution in [3.05, 3.63) is 200 Å². The van der Waals surface area contributed by atoms with Crippen molar-refractivity contribution < 1.29 is 20.1 Å². The molecule has 1 radical (unpaired) electrons. The van der Waals surface area contributed by atoms with Gasteiger partial charge in [0.15, 0.2) is 0 Å². The van der Waals surface area contributed by atoms with Crippen molar-refractivity contribution in [3.8, 4) is 33.6 Å². The van der Waals surface area contributed by atoms with Gasteiger partial charge in [-0.15, -0.1) is 71.3 Å². The van der Waals surface area contributed by atoms with Crippen molar-refractivity contribution in [3.63, 3.8) is 0 Å². The smallest absolute Gasteiger partial charge is 0.0462 e. The van der Waals surface area contributed by atoms with E-state index in [1.807, 2.05) is 79.1 Å². The van der Waals surface area contributed by atoms with E-state index < -0.39 is 0 Å². The molecule has 5 aromatic carbocycles. The summed E-state index contributed by atoms with van der Waals surface area (Å²) in [6.45, 7) is 9.81. The van der Waals surface area contributed by atoms with Crippen LogP contribution in [0.5, 0.6) is 0 Å². The number of nitrogens with zero attached hydrogens (tertiary/aromatic N) is 3. The van der Waals surface area contributed by atoms with Gasteiger partial charge in [-0.1, -0.05) is 85.5 Å². The molecule has 7 rings (SSSR count). The second-order valence-electron chi connectivity index (χ2n) is 11.1. The predicted molar refractivity (Wildman–Crippen MR) is 202 cm³/mol. The number of rotatable bonds is 8. The summed E-state index contributed by atoms with van der Waals surface area (Å²) in [6, 6.07) is 55.9. The Kier molecular flexibility index (Phi) is 12.0. The van der Waals surface area contributed by atoms with Crippen LogP contribution in [-0.4, -0.2) is 9.97 Å². The van der Waals surface area contributed by atoms with Crippen LogP contribution in [-0.2, 0) is 20.1 Å². The van der Waals surface area contributed by atoms with E-state index in [1.165, 1.54) is 5.56 Å². The topological polar surface area (TPSA) is 29.0 Å². The molecule has 0 amide bonds. The van der Waals surface area contributed by atoms with Crippen molar-refractivity contribution in [1.82, 2.24) is 9.97 Å². The van der Waals surface area contributed by atoms with Crippen LogP contribution < -0.4 is 4.90 Å². The molecule has 0 N–H and O–H groups in total. The Hall–Kier alpha value is -5.67. The van der Waals surface area contributed by atoms with Gasteiger partial charge < -0.3 is 14.9 Å². The average Bonchev–Trinajstić information content (AvgIpc) is 3.17. The zero-order chi connectivity index (χ0) is 33.1. The summed E-state index contributed by atoms with van der Waals surface area (Å²) in [6.07, 6.45) is 7.34. The second kappa shape index (κ2) is 16.9.